The lowest BCUT2D eigenvalue weighted by molar-refractivity contribution is 0.159. The molecule has 0 saturated carbocycles. The summed E-state index contributed by atoms with van der Waals surface area (Å²) in [5.74, 6) is 0.404. The highest BCUT2D eigenvalue weighted by Crippen LogP contribution is 2.17. The van der Waals surface area contributed by atoms with Crippen LogP contribution in [0.4, 0.5) is 6.01 Å². The fourth-order valence-electron chi connectivity index (χ4n) is 0.754. The maximum absolute atomic E-state index is 9.25. The molecular formula is C7H13N3O2. The van der Waals surface area contributed by atoms with Gasteiger partial charge in [-0.2, -0.15) is 0 Å². The molecule has 0 fully saturated rings. The average molecular weight is 171 g/mol. The number of hydrogen-bond donors (Lipinski definition) is 2. The van der Waals surface area contributed by atoms with Gasteiger partial charge < -0.3 is 20.2 Å². The lowest BCUT2D eigenvalue weighted by Crippen LogP contribution is -2.11. The van der Waals surface area contributed by atoms with Crippen LogP contribution in [-0.4, -0.2) is 30.7 Å². The van der Waals surface area contributed by atoms with Crippen LogP contribution >= 0.6 is 0 Å². The fraction of sp³-hybridized carbons (Fsp3) is 0.571. The predicted molar refractivity (Wildman–Crippen MR) is 44.8 cm³/mol. The van der Waals surface area contributed by atoms with Gasteiger partial charge in [-0.25, -0.2) is 4.98 Å². The van der Waals surface area contributed by atoms with Crippen LogP contribution in [0.2, 0.25) is 0 Å². The van der Waals surface area contributed by atoms with Gasteiger partial charge in [0.2, 0.25) is 0 Å². The lowest BCUT2D eigenvalue weighted by atomic mass is 10.3. The van der Waals surface area contributed by atoms with Gasteiger partial charge in [0.15, 0.2) is 5.76 Å². The molecule has 1 aromatic heterocycles. The van der Waals surface area contributed by atoms with E-state index in [1.165, 1.54) is 6.20 Å². The number of aliphatic hydroxyl groups is 1. The van der Waals surface area contributed by atoms with Crippen molar-refractivity contribution in [2.75, 3.05) is 25.5 Å². The number of aliphatic hydroxyl groups excluding tert-OH is 1. The summed E-state index contributed by atoms with van der Waals surface area (Å²) in [5.41, 5.74) is 5.24. The van der Waals surface area contributed by atoms with E-state index in [1.807, 2.05) is 14.1 Å². The number of hydrogen-bond acceptors (Lipinski definition) is 5. The van der Waals surface area contributed by atoms with E-state index in [1.54, 1.807) is 4.90 Å². The van der Waals surface area contributed by atoms with Crippen LogP contribution in [0.25, 0.3) is 0 Å². The van der Waals surface area contributed by atoms with E-state index in [2.05, 4.69) is 4.98 Å². The third-order valence-corrected chi connectivity index (χ3v) is 1.45. The van der Waals surface area contributed by atoms with Crippen molar-refractivity contribution in [1.82, 2.24) is 4.98 Å². The van der Waals surface area contributed by atoms with Gasteiger partial charge in [-0.15, -0.1) is 0 Å². The molecule has 1 atom stereocenters. The van der Waals surface area contributed by atoms with Crippen molar-refractivity contribution in [2.24, 2.45) is 5.73 Å². The molecule has 0 saturated heterocycles. The summed E-state index contributed by atoms with van der Waals surface area (Å²) < 4.78 is 5.18. The Morgan fingerprint density at radius 2 is 2.42 bits per heavy atom. The van der Waals surface area contributed by atoms with E-state index < -0.39 is 6.10 Å². The summed E-state index contributed by atoms with van der Waals surface area (Å²) in [7, 11) is 3.62. The van der Waals surface area contributed by atoms with Crippen LogP contribution in [0.5, 0.6) is 0 Å². The first-order valence-corrected chi connectivity index (χ1v) is 3.66. The van der Waals surface area contributed by atoms with E-state index >= 15 is 0 Å². The Kier molecular flexibility index (Phi) is 2.67. The number of aromatic nitrogens is 1. The normalized spacial score (nSPS) is 13.0. The van der Waals surface area contributed by atoms with Crippen LogP contribution in [0.15, 0.2) is 10.6 Å². The van der Waals surface area contributed by atoms with Crippen LogP contribution in [-0.2, 0) is 0 Å². The Morgan fingerprint density at radius 1 is 1.75 bits per heavy atom. The summed E-state index contributed by atoms with van der Waals surface area (Å²) in [6.45, 7) is 0.141. The van der Waals surface area contributed by atoms with Gasteiger partial charge in [0.05, 0.1) is 6.20 Å². The van der Waals surface area contributed by atoms with Gasteiger partial charge in [-0.1, -0.05) is 0 Å². The fourth-order valence-corrected chi connectivity index (χ4v) is 0.754. The molecule has 0 amide bonds. The molecule has 68 valence electrons. The molecule has 12 heavy (non-hydrogen) atoms. The minimum absolute atomic E-state index is 0.141. The zero-order chi connectivity index (χ0) is 9.14. The van der Waals surface area contributed by atoms with Crippen LogP contribution in [0.3, 0.4) is 0 Å². The van der Waals surface area contributed by atoms with Crippen molar-refractivity contribution in [3.8, 4) is 0 Å². The molecule has 1 heterocycles. The average Bonchev–Trinajstić information content (AvgIpc) is 2.51. The summed E-state index contributed by atoms with van der Waals surface area (Å²) >= 11 is 0. The smallest absolute Gasteiger partial charge is 0.296 e. The summed E-state index contributed by atoms with van der Waals surface area (Å²) in [4.78, 5) is 5.64. The summed E-state index contributed by atoms with van der Waals surface area (Å²) in [6.07, 6.45) is 0.721. The predicted octanol–water partition coefficient (Wildman–Crippen LogP) is -0.267. The van der Waals surface area contributed by atoms with Crippen LogP contribution in [0.1, 0.15) is 11.9 Å². The third-order valence-electron chi connectivity index (χ3n) is 1.45. The van der Waals surface area contributed by atoms with Gasteiger partial charge in [-0.05, 0) is 0 Å². The summed E-state index contributed by atoms with van der Waals surface area (Å²) in [6, 6.07) is 0.470. The Morgan fingerprint density at radius 3 is 2.83 bits per heavy atom. The number of oxazole rings is 1. The zero-order valence-electron chi connectivity index (χ0n) is 7.19. The monoisotopic (exact) mass is 171 g/mol. The molecule has 0 bridgehead atoms. The molecule has 0 radical (unpaired) electrons. The summed E-state index contributed by atoms with van der Waals surface area (Å²) in [5, 5.41) is 9.25. The van der Waals surface area contributed by atoms with Crippen LogP contribution in [0, 0.1) is 0 Å². The van der Waals surface area contributed by atoms with Gasteiger partial charge in [0, 0.05) is 20.6 Å². The number of rotatable bonds is 3. The van der Waals surface area contributed by atoms with Gasteiger partial charge in [0.1, 0.15) is 6.10 Å². The first-order valence-electron chi connectivity index (χ1n) is 3.66. The van der Waals surface area contributed by atoms with Gasteiger partial charge in [-0.3, -0.25) is 0 Å². The van der Waals surface area contributed by atoms with Crippen molar-refractivity contribution in [3.05, 3.63) is 12.0 Å². The SMILES string of the molecule is CN(C)c1ncc(C(O)CN)o1. The third kappa shape index (κ3) is 1.75. The number of nitrogens with two attached hydrogens (primary N) is 1. The first kappa shape index (κ1) is 9.02. The minimum atomic E-state index is -0.758. The highest BCUT2D eigenvalue weighted by molar-refractivity contribution is 5.23. The van der Waals surface area contributed by atoms with E-state index in [9.17, 15) is 5.11 Å². The van der Waals surface area contributed by atoms with Crippen LogP contribution < -0.4 is 10.6 Å². The zero-order valence-corrected chi connectivity index (χ0v) is 7.19. The van der Waals surface area contributed by atoms with Crippen molar-refractivity contribution in [2.45, 2.75) is 6.10 Å². The highest BCUT2D eigenvalue weighted by atomic mass is 16.4. The molecule has 0 aromatic carbocycles. The number of anilines is 1. The molecule has 0 spiro atoms. The molecule has 5 heteroatoms. The van der Waals surface area contributed by atoms with Gasteiger partial charge in [0.25, 0.3) is 6.01 Å². The molecule has 5 nitrogen and oxygen atoms in total. The Balaban J connectivity index is 2.77. The Hall–Kier alpha value is -1.07. The second-order valence-electron chi connectivity index (χ2n) is 2.69. The van der Waals surface area contributed by atoms with Crippen molar-refractivity contribution in [1.29, 1.82) is 0 Å². The van der Waals surface area contributed by atoms with E-state index in [0.717, 1.165) is 0 Å². The minimum Gasteiger partial charge on any atom is -0.426 e. The molecule has 1 unspecified atom stereocenters. The molecule has 0 aliphatic heterocycles. The molecule has 3 N–H and O–H groups in total. The lowest BCUT2D eigenvalue weighted by Gasteiger charge is -2.05. The number of nitrogens with zero attached hydrogens (tertiary/aromatic N) is 2. The highest BCUT2D eigenvalue weighted by Gasteiger charge is 2.12. The molecular weight excluding hydrogens is 158 g/mol. The maximum Gasteiger partial charge on any atom is 0.296 e. The Bertz CT molecular complexity index is 247. The van der Waals surface area contributed by atoms with Crippen molar-refractivity contribution >= 4 is 6.01 Å². The molecule has 0 aliphatic rings. The quantitative estimate of drug-likeness (QED) is 0.655. The standard InChI is InChI=1S/C7H13N3O2/c1-10(2)7-9-4-6(12-7)5(11)3-8/h4-5,11H,3,8H2,1-2H3. The second-order valence-corrected chi connectivity index (χ2v) is 2.69. The second kappa shape index (κ2) is 3.55. The Labute approximate surface area is 70.8 Å². The molecule has 0 aliphatic carbocycles. The topological polar surface area (TPSA) is 75.5 Å². The van der Waals surface area contributed by atoms with E-state index in [0.29, 0.717) is 11.8 Å². The van der Waals surface area contributed by atoms with Crippen molar-refractivity contribution in [3.63, 3.8) is 0 Å². The van der Waals surface area contributed by atoms with Gasteiger partial charge >= 0.3 is 0 Å². The maximum atomic E-state index is 9.25. The molecule has 1 rings (SSSR count). The first-order chi connectivity index (χ1) is 5.65. The van der Waals surface area contributed by atoms with Crippen molar-refractivity contribution < 1.29 is 9.52 Å². The van der Waals surface area contributed by atoms with E-state index in [4.69, 9.17) is 10.2 Å². The van der Waals surface area contributed by atoms with E-state index in [-0.39, 0.29) is 6.54 Å². The molecule has 1 aromatic rings. The largest absolute Gasteiger partial charge is 0.426 e.